The van der Waals surface area contributed by atoms with Crippen molar-refractivity contribution in [1.82, 2.24) is 19.3 Å². The zero-order chi connectivity index (χ0) is 20.4. The lowest BCUT2D eigenvalue weighted by molar-refractivity contribution is -0.116. The van der Waals surface area contributed by atoms with Gasteiger partial charge in [0.1, 0.15) is 18.3 Å². The number of anilines is 3. The van der Waals surface area contributed by atoms with Crippen molar-refractivity contribution in [3.8, 4) is 0 Å². The van der Waals surface area contributed by atoms with Gasteiger partial charge in [0.2, 0.25) is 5.91 Å². The van der Waals surface area contributed by atoms with Gasteiger partial charge >= 0.3 is 0 Å². The molecule has 0 saturated heterocycles. The van der Waals surface area contributed by atoms with Crippen LogP contribution in [0.4, 0.5) is 17.1 Å². The number of carbonyl (C=O) groups is 1. The number of aryl methyl sites for hydroxylation is 1. The van der Waals surface area contributed by atoms with E-state index in [1.807, 2.05) is 66.5 Å². The first-order valence-electron chi connectivity index (χ1n) is 9.09. The number of nitrogens with zero attached hydrogens (tertiary/aromatic N) is 5. The molecule has 4 aromatic rings. The van der Waals surface area contributed by atoms with E-state index in [0.717, 1.165) is 11.4 Å². The Hall–Kier alpha value is -3.94. The molecule has 2 aromatic carbocycles. The van der Waals surface area contributed by atoms with Crippen LogP contribution in [0.5, 0.6) is 0 Å². The Balaban J connectivity index is 1.57. The fourth-order valence-corrected chi connectivity index (χ4v) is 3.19. The molecular weight excluding hydrogens is 368 g/mol. The number of carbonyl (C=O) groups excluding carboxylic acids is 1. The maximum Gasteiger partial charge on any atom is 0.264 e. The van der Waals surface area contributed by atoms with Gasteiger partial charge in [0.05, 0.1) is 17.6 Å². The van der Waals surface area contributed by atoms with E-state index in [2.05, 4.69) is 15.4 Å². The smallest absolute Gasteiger partial charge is 0.264 e. The second-order valence-electron chi connectivity index (χ2n) is 6.64. The van der Waals surface area contributed by atoms with Crippen LogP contribution >= 0.6 is 0 Å². The van der Waals surface area contributed by atoms with Gasteiger partial charge in [0, 0.05) is 19.8 Å². The van der Waals surface area contributed by atoms with Gasteiger partial charge in [-0.25, -0.2) is 4.98 Å². The Kier molecular flexibility index (Phi) is 4.82. The molecule has 4 rings (SSSR count). The second-order valence-corrected chi connectivity index (χ2v) is 6.64. The standard InChI is InChI=1S/C21H20N6O2/c1-25(15-8-4-3-5-9-15)18-11-7-6-10-17(18)24-19(28)13-27-14-22-20-16(21(27)29)12-23-26(20)2/h3-12,14H,13H2,1-2H3,(H,24,28). The van der Waals surface area contributed by atoms with Crippen molar-refractivity contribution >= 4 is 34.0 Å². The Morgan fingerprint density at radius 2 is 1.83 bits per heavy atom. The highest BCUT2D eigenvalue weighted by Gasteiger charge is 2.14. The number of fused-ring (bicyclic) bond motifs is 1. The quantitative estimate of drug-likeness (QED) is 0.568. The van der Waals surface area contributed by atoms with Crippen molar-refractivity contribution in [3.63, 3.8) is 0 Å². The van der Waals surface area contributed by atoms with Crippen molar-refractivity contribution < 1.29 is 4.79 Å². The van der Waals surface area contributed by atoms with Crippen LogP contribution in [0.1, 0.15) is 0 Å². The van der Waals surface area contributed by atoms with Crippen molar-refractivity contribution in [2.45, 2.75) is 6.54 Å². The molecule has 1 amide bonds. The summed E-state index contributed by atoms with van der Waals surface area (Å²) in [5, 5.41) is 7.32. The van der Waals surface area contributed by atoms with Gasteiger partial charge in [0.25, 0.3) is 5.56 Å². The third kappa shape index (κ3) is 3.60. The highest BCUT2D eigenvalue weighted by molar-refractivity contribution is 5.95. The summed E-state index contributed by atoms with van der Waals surface area (Å²) in [5.41, 5.74) is 2.69. The Morgan fingerprint density at radius 3 is 2.62 bits per heavy atom. The van der Waals surface area contributed by atoms with Crippen molar-refractivity contribution in [2.75, 3.05) is 17.3 Å². The zero-order valence-corrected chi connectivity index (χ0v) is 16.1. The highest BCUT2D eigenvalue weighted by atomic mass is 16.2. The molecular formula is C21H20N6O2. The highest BCUT2D eigenvalue weighted by Crippen LogP contribution is 2.30. The van der Waals surface area contributed by atoms with Gasteiger partial charge < -0.3 is 10.2 Å². The molecule has 0 bridgehead atoms. The first-order valence-corrected chi connectivity index (χ1v) is 9.09. The lowest BCUT2D eigenvalue weighted by atomic mass is 10.2. The monoisotopic (exact) mass is 388 g/mol. The Morgan fingerprint density at radius 1 is 1.10 bits per heavy atom. The second kappa shape index (κ2) is 7.59. The summed E-state index contributed by atoms with van der Waals surface area (Å²) >= 11 is 0. The minimum absolute atomic E-state index is 0.139. The van der Waals surface area contributed by atoms with Gasteiger partial charge in [0.15, 0.2) is 5.65 Å². The van der Waals surface area contributed by atoms with Crippen molar-refractivity contribution in [3.05, 3.63) is 77.5 Å². The Labute approximate surface area is 167 Å². The molecule has 0 spiro atoms. The van der Waals surface area contributed by atoms with Gasteiger partial charge in [-0.3, -0.25) is 18.8 Å². The molecule has 0 fully saturated rings. The van der Waals surface area contributed by atoms with E-state index in [-0.39, 0.29) is 18.0 Å². The molecule has 0 unspecified atom stereocenters. The number of amides is 1. The average molecular weight is 388 g/mol. The zero-order valence-electron chi connectivity index (χ0n) is 16.1. The summed E-state index contributed by atoms with van der Waals surface area (Å²) in [5.74, 6) is -0.314. The summed E-state index contributed by atoms with van der Waals surface area (Å²) < 4.78 is 2.81. The van der Waals surface area contributed by atoms with Crippen LogP contribution in [0.3, 0.4) is 0 Å². The number of hydrogen-bond donors (Lipinski definition) is 1. The lowest BCUT2D eigenvalue weighted by Crippen LogP contribution is -2.28. The molecule has 2 aromatic heterocycles. The van der Waals surface area contributed by atoms with Crippen LogP contribution in [-0.2, 0) is 18.4 Å². The first-order chi connectivity index (χ1) is 14.0. The molecule has 1 N–H and O–H groups in total. The molecule has 0 radical (unpaired) electrons. The minimum atomic E-state index is -0.314. The summed E-state index contributed by atoms with van der Waals surface area (Å²) in [6.45, 7) is -0.139. The summed E-state index contributed by atoms with van der Waals surface area (Å²) in [6.07, 6.45) is 2.83. The predicted octanol–water partition coefficient (Wildman–Crippen LogP) is 2.54. The third-order valence-electron chi connectivity index (χ3n) is 4.72. The molecule has 0 aliphatic heterocycles. The molecule has 0 aliphatic carbocycles. The number of aromatic nitrogens is 4. The van der Waals surface area contributed by atoms with Crippen LogP contribution in [0, 0.1) is 0 Å². The van der Waals surface area contributed by atoms with E-state index in [0.29, 0.717) is 16.7 Å². The molecule has 8 nitrogen and oxygen atoms in total. The topological polar surface area (TPSA) is 85.1 Å². The number of hydrogen-bond acceptors (Lipinski definition) is 5. The summed E-state index contributed by atoms with van der Waals surface area (Å²) in [4.78, 5) is 31.4. The van der Waals surface area contributed by atoms with Crippen LogP contribution in [-0.4, -0.2) is 32.3 Å². The fraction of sp³-hybridized carbons (Fsp3) is 0.143. The number of para-hydroxylation sites is 3. The molecule has 0 atom stereocenters. The van der Waals surface area contributed by atoms with Gasteiger partial charge in [-0.1, -0.05) is 30.3 Å². The maximum absolute atomic E-state index is 12.6. The van der Waals surface area contributed by atoms with Crippen LogP contribution in [0.15, 0.2) is 71.9 Å². The largest absolute Gasteiger partial charge is 0.343 e. The number of rotatable bonds is 5. The molecule has 8 heteroatoms. The van der Waals surface area contributed by atoms with E-state index in [1.165, 1.54) is 21.8 Å². The van der Waals surface area contributed by atoms with Crippen LogP contribution < -0.4 is 15.8 Å². The summed E-state index contributed by atoms with van der Waals surface area (Å²) in [6, 6.07) is 17.4. The summed E-state index contributed by atoms with van der Waals surface area (Å²) in [7, 11) is 3.65. The van der Waals surface area contributed by atoms with Gasteiger partial charge in [-0.15, -0.1) is 0 Å². The first kappa shape index (κ1) is 18.4. The molecule has 2 heterocycles. The molecule has 29 heavy (non-hydrogen) atoms. The van der Waals surface area contributed by atoms with E-state index in [9.17, 15) is 9.59 Å². The average Bonchev–Trinajstić information content (AvgIpc) is 3.12. The SMILES string of the molecule is CN(c1ccccc1)c1ccccc1NC(=O)Cn1cnc2c(cnn2C)c1=O. The third-order valence-corrected chi connectivity index (χ3v) is 4.72. The van der Waals surface area contributed by atoms with E-state index < -0.39 is 0 Å². The number of nitrogens with one attached hydrogen (secondary N) is 1. The molecule has 146 valence electrons. The minimum Gasteiger partial charge on any atom is -0.343 e. The maximum atomic E-state index is 12.6. The van der Waals surface area contributed by atoms with E-state index >= 15 is 0 Å². The lowest BCUT2D eigenvalue weighted by Gasteiger charge is -2.22. The van der Waals surface area contributed by atoms with Gasteiger partial charge in [-0.05, 0) is 24.3 Å². The fourth-order valence-electron chi connectivity index (χ4n) is 3.19. The van der Waals surface area contributed by atoms with E-state index in [4.69, 9.17) is 0 Å². The predicted molar refractivity (Wildman–Crippen MR) is 112 cm³/mol. The number of benzene rings is 2. The van der Waals surface area contributed by atoms with E-state index in [1.54, 1.807) is 7.05 Å². The normalized spacial score (nSPS) is 10.8. The van der Waals surface area contributed by atoms with Gasteiger partial charge in [-0.2, -0.15) is 5.10 Å². The Bertz CT molecular complexity index is 1230. The molecule has 0 saturated carbocycles. The molecule has 0 aliphatic rings. The van der Waals surface area contributed by atoms with Crippen LogP contribution in [0.2, 0.25) is 0 Å². The van der Waals surface area contributed by atoms with Crippen molar-refractivity contribution in [1.29, 1.82) is 0 Å². The van der Waals surface area contributed by atoms with Crippen molar-refractivity contribution in [2.24, 2.45) is 7.05 Å². The van der Waals surface area contributed by atoms with Crippen LogP contribution in [0.25, 0.3) is 11.0 Å².